The normalized spacial score (nSPS) is 29.7. The molecule has 7 heteroatoms. The van der Waals surface area contributed by atoms with Gasteiger partial charge >= 0.3 is 0 Å². The molecule has 5 rings (SSSR count). The molecule has 2 aromatic rings. The van der Waals surface area contributed by atoms with Crippen LogP contribution < -0.4 is 5.73 Å². The van der Waals surface area contributed by atoms with Crippen molar-refractivity contribution < 1.29 is 9.53 Å². The van der Waals surface area contributed by atoms with Crippen LogP contribution in [0.15, 0.2) is 29.4 Å². The molecule has 1 fully saturated rings. The van der Waals surface area contributed by atoms with E-state index in [1.165, 1.54) is 10.6 Å². The summed E-state index contributed by atoms with van der Waals surface area (Å²) in [6.07, 6.45) is 8.95. The van der Waals surface area contributed by atoms with E-state index >= 15 is 0 Å². The molecule has 0 saturated heterocycles. The molecule has 2 spiro atoms. The van der Waals surface area contributed by atoms with Gasteiger partial charge in [0.25, 0.3) is 5.91 Å². The molecular formula is C26H34N4O2S. The molecule has 2 heterocycles. The first-order valence-corrected chi connectivity index (χ1v) is 12.9. The number of carbonyl (C=O) groups is 1. The largest absolute Gasteiger partial charge is 0.381 e. The fourth-order valence-corrected chi connectivity index (χ4v) is 7.14. The maximum Gasteiger partial charge on any atom is 0.262 e. The average Bonchev–Trinajstić information content (AvgIpc) is 3.46. The van der Waals surface area contributed by atoms with Crippen molar-refractivity contribution in [2.45, 2.75) is 70.4 Å². The average molecular weight is 467 g/mol. The van der Waals surface area contributed by atoms with Crippen molar-refractivity contribution in [1.29, 1.82) is 0 Å². The van der Waals surface area contributed by atoms with Gasteiger partial charge in [-0.3, -0.25) is 9.69 Å². The zero-order valence-electron chi connectivity index (χ0n) is 20.1. The minimum atomic E-state index is -0.930. The number of thiazole rings is 1. The summed E-state index contributed by atoms with van der Waals surface area (Å²) in [4.78, 5) is 26.2. The first-order valence-electron chi connectivity index (χ1n) is 12.1. The molecule has 1 aromatic carbocycles. The van der Waals surface area contributed by atoms with Crippen LogP contribution in [0, 0.1) is 11.3 Å². The number of hydrogen-bond donors (Lipinski definition) is 1. The number of benzene rings is 1. The molecule has 176 valence electrons. The quantitative estimate of drug-likeness (QED) is 0.703. The van der Waals surface area contributed by atoms with Crippen molar-refractivity contribution in [3.63, 3.8) is 0 Å². The number of guanidine groups is 1. The van der Waals surface area contributed by atoms with Gasteiger partial charge in [0.1, 0.15) is 0 Å². The van der Waals surface area contributed by atoms with E-state index in [-0.39, 0.29) is 17.4 Å². The number of likely N-dealkylation sites (N-methyl/N-ethyl adjacent to an activating group) is 1. The van der Waals surface area contributed by atoms with Crippen LogP contribution in [0.25, 0.3) is 10.4 Å². The molecular weight excluding hydrogens is 432 g/mol. The number of aliphatic imine (C=N–C) groups is 1. The highest BCUT2D eigenvalue weighted by Crippen LogP contribution is 2.62. The number of aromatic nitrogens is 1. The highest BCUT2D eigenvalue weighted by Gasteiger charge is 2.66. The highest BCUT2D eigenvalue weighted by molar-refractivity contribution is 7.15. The number of fused-ring (bicyclic) bond motifs is 3. The molecule has 1 aromatic heterocycles. The summed E-state index contributed by atoms with van der Waals surface area (Å²) in [7, 11) is 3.53. The van der Waals surface area contributed by atoms with Gasteiger partial charge in [-0.25, -0.2) is 9.98 Å². The topological polar surface area (TPSA) is 80.8 Å². The van der Waals surface area contributed by atoms with E-state index in [1.54, 1.807) is 30.4 Å². The Kier molecular flexibility index (Phi) is 5.60. The van der Waals surface area contributed by atoms with Gasteiger partial charge in [0.2, 0.25) is 0 Å². The van der Waals surface area contributed by atoms with E-state index in [0.717, 1.165) is 60.9 Å². The van der Waals surface area contributed by atoms with E-state index < -0.39 is 5.54 Å². The Balaban J connectivity index is 1.57. The number of nitrogens with two attached hydrogens (primary N) is 1. The maximum absolute atomic E-state index is 13.8. The number of ether oxygens (including phenoxy) is 1. The minimum Gasteiger partial charge on any atom is -0.381 e. The van der Waals surface area contributed by atoms with E-state index in [0.29, 0.717) is 11.9 Å². The molecule has 1 aliphatic heterocycles. The lowest BCUT2D eigenvalue weighted by atomic mass is 9.61. The third kappa shape index (κ3) is 3.35. The second-order valence-corrected chi connectivity index (χ2v) is 11.3. The van der Waals surface area contributed by atoms with Crippen molar-refractivity contribution in [3.05, 3.63) is 40.5 Å². The summed E-state index contributed by atoms with van der Waals surface area (Å²) in [6.45, 7) is 4.49. The highest BCUT2D eigenvalue weighted by atomic mass is 32.1. The van der Waals surface area contributed by atoms with Crippen molar-refractivity contribution in [3.8, 4) is 10.4 Å². The maximum atomic E-state index is 13.8. The van der Waals surface area contributed by atoms with Gasteiger partial charge in [-0.2, -0.15) is 0 Å². The van der Waals surface area contributed by atoms with Crippen molar-refractivity contribution in [2.24, 2.45) is 22.1 Å². The SMILES string of the molecule is CCC(C)Cc1ncc(-c2ccc3c(c2)C2(N=C(N)N(C)C2=O)C2(CCC(OC)CC2)C3)s1. The third-order valence-electron chi connectivity index (χ3n) is 8.32. The Bertz CT molecular complexity index is 1100. The van der Waals surface area contributed by atoms with Crippen LogP contribution >= 0.6 is 11.3 Å². The zero-order valence-corrected chi connectivity index (χ0v) is 20.9. The van der Waals surface area contributed by atoms with Crippen LogP contribution in [0.3, 0.4) is 0 Å². The van der Waals surface area contributed by atoms with Crippen LogP contribution in [0.1, 0.15) is 62.1 Å². The predicted octanol–water partition coefficient (Wildman–Crippen LogP) is 4.51. The van der Waals surface area contributed by atoms with E-state index in [1.807, 2.05) is 6.20 Å². The molecule has 2 N–H and O–H groups in total. The Morgan fingerprint density at radius 1 is 1.33 bits per heavy atom. The second kappa shape index (κ2) is 8.20. The second-order valence-electron chi connectivity index (χ2n) is 10.1. The Labute approximate surface area is 200 Å². The number of rotatable bonds is 5. The van der Waals surface area contributed by atoms with Crippen molar-refractivity contribution in [2.75, 3.05) is 14.2 Å². The number of amides is 1. The van der Waals surface area contributed by atoms with Gasteiger partial charge in [-0.1, -0.05) is 32.4 Å². The standard InChI is InChI=1S/C26H34N4O2S/c1-5-16(2)12-22-28-15-21(33-22)17-6-7-18-14-25(10-8-19(32-4)9-11-25)26(20(18)13-17)23(31)30(3)24(27)29-26/h6-7,13,15-16,19H,5,8-12,14H2,1-4H3,(H2,27,29). The Morgan fingerprint density at radius 2 is 2.09 bits per heavy atom. The molecule has 0 radical (unpaired) electrons. The molecule has 1 saturated carbocycles. The molecule has 2 atom stereocenters. The van der Waals surface area contributed by atoms with Crippen molar-refractivity contribution in [1.82, 2.24) is 9.88 Å². The van der Waals surface area contributed by atoms with Crippen LogP contribution in [0.5, 0.6) is 0 Å². The van der Waals surface area contributed by atoms with Gasteiger partial charge in [-0.05, 0) is 60.8 Å². The molecule has 33 heavy (non-hydrogen) atoms. The first kappa shape index (κ1) is 22.5. The number of nitrogens with zero attached hydrogens (tertiary/aromatic N) is 3. The molecule has 0 bridgehead atoms. The zero-order chi connectivity index (χ0) is 23.4. The molecule has 2 unspecified atom stereocenters. The Hall–Kier alpha value is -2.25. The van der Waals surface area contributed by atoms with Gasteiger partial charge in [-0.15, -0.1) is 11.3 Å². The fourth-order valence-electron chi connectivity index (χ4n) is 6.06. The van der Waals surface area contributed by atoms with Gasteiger partial charge in [0.15, 0.2) is 11.5 Å². The summed E-state index contributed by atoms with van der Waals surface area (Å²) in [5, 5.41) is 1.17. The summed E-state index contributed by atoms with van der Waals surface area (Å²) < 4.78 is 5.64. The van der Waals surface area contributed by atoms with Crippen LogP contribution in [0.4, 0.5) is 0 Å². The summed E-state index contributed by atoms with van der Waals surface area (Å²) in [6, 6.07) is 6.58. The molecule has 2 aliphatic carbocycles. The van der Waals surface area contributed by atoms with Crippen LogP contribution in [-0.2, 0) is 27.9 Å². The predicted molar refractivity (Wildman–Crippen MR) is 132 cm³/mol. The minimum absolute atomic E-state index is 0.00790. The van der Waals surface area contributed by atoms with Gasteiger partial charge < -0.3 is 10.5 Å². The number of carbonyl (C=O) groups excluding carboxylic acids is 1. The van der Waals surface area contributed by atoms with E-state index in [4.69, 9.17) is 15.5 Å². The molecule has 6 nitrogen and oxygen atoms in total. The first-order chi connectivity index (χ1) is 15.8. The van der Waals surface area contributed by atoms with E-state index in [9.17, 15) is 4.79 Å². The number of methoxy groups -OCH3 is 1. The summed E-state index contributed by atoms with van der Waals surface area (Å²) >= 11 is 1.75. The molecule has 3 aliphatic rings. The fraction of sp³-hybridized carbons (Fsp3) is 0.577. The summed E-state index contributed by atoms with van der Waals surface area (Å²) in [5.41, 5.74) is 8.45. The van der Waals surface area contributed by atoms with Crippen LogP contribution in [-0.4, -0.2) is 42.0 Å². The monoisotopic (exact) mass is 466 g/mol. The Morgan fingerprint density at radius 3 is 2.73 bits per heavy atom. The van der Waals surface area contributed by atoms with E-state index in [2.05, 4.69) is 37.0 Å². The van der Waals surface area contributed by atoms with Crippen LogP contribution in [0.2, 0.25) is 0 Å². The smallest absolute Gasteiger partial charge is 0.262 e. The lowest BCUT2D eigenvalue weighted by molar-refractivity contribution is -0.137. The lowest BCUT2D eigenvalue weighted by Gasteiger charge is -2.45. The lowest BCUT2D eigenvalue weighted by Crippen LogP contribution is -2.51. The van der Waals surface area contributed by atoms with Crippen molar-refractivity contribution >= 4 is 23.2 Å². The van der Waals surface area contributed by atoms with Gasteiger partial charge in [0.05, 0.1) is 16.0 Å². The summed E-state index contributed by atoms with van der Waals surface area (Å²) in [5.74, 6) is 0.951. The van der Waals surface area contributed by atoms with Gasteiger partial charge in [0, 0.05) is 32.2 Å². The third-order valence-corrected chi connectivity index (χ3v) is 9.39. The molecule has 1 amide bonds. The number of hydrogen-bond acceptors (Lipinski definition) is 6.